The third-order valence-corrected chi connectivity index (χ3v) is 2.50. The molecule has 0 rings (SSSR count). The first kappa shape index (κ1) is 16.5. The highest BCUT2D eigenvalue weighted by atomic mass is 79.9. The smallest absolute Gasteiger partial charge is 0.434 e. The van der Waals surface area contributed by atoms with Gasteiger partial charge in [-0.05, 0) is 29.3 Å². The Labute approximate surface area is 105 Å². The van der Waals surface area contributed by atoms with Crippen LogP contribution in [-0.2, 0) is 9.47 Å². The van der Waals surface area contributed by atoms with Gasteiger partial charge in [-0.3, -0.25) is 0 Å². The Morgan fingerprint density at radius 3 is 2.29 bits per heavy atom. The van der Waals surface area contributed by atoms with Gasteiger partial charge in [-0.1, -0.05) is 6.92 Å². The largest absolute Gasteiger partial charge is 0.508 e. The summed E-state index contributed by atoms with van der Waals surface area (Å²) < 4.78 is 58.8. The Morgan fingerprint density at radius 2 is 1.88 bits per heavy atom. The topological polar surface area (TPSA) is 35.5 Å². The maximum Gasteiger partial charge on any atom is 0.508 e. The molecule has 0 aliphatic carbocycles. The predicted molar refractivity (Wildman–Crippen MR) is 55.6 cm³/mol. The summed E-state index contributed by atoms with van der Waals surface area (Å²) in [5.41, 5.74) is 0. The van der Waals surface area contributed by atoms with Crippen LogP contribution in [0.25, 0.3) is 0 Å². The lowest BCUT2D eigenvalue weighted by atomic mass is 10.2. The third kappa shape index (κ3) is 6.09. The maximum absolute atomic E-state index is 12.7. The molecule has 17 heavy (non-hydrogen) atoms. The molecule has 102 valence electrons. The number of hydrogen-bond donors (Lipinski definition) is 0. The highest BCUT2D eigenvalue weighted by Gasteiger charge is 2.53. The van der Waals surface area contributed by atoms with Crippen molar-refractivity contribution in [1.29, 1.82) is 0 Å². The van der Waals surface area contributed by atoms with Gasteiger partial charge in [-0.25, -0.2) is 4.79 Å². The van der Waals surface area contributed by atoms with Crippen molar-refractivity contribution in [2.24, 2.45) is 0 Å². The SMILES string of the molecule is CCC(C)OC(=O)OCCC(F)(F)C(F)(F)Br. The van der Waals surface area contributed by atoms with E-state index in [-0.39, 0.29) is 0 Å². The number of ether oxygens (including phenoxy) is 2. The van der Waals surface area contributed by atoms with Crippen molar-refractivity contribution in [1.82, 2.24) is 0 Å². The molecule has 0 fully saturated rings. The van der Waals surface area contributed by atoms with Crippen LogP contribution in [0.2, 0.25) is 0 Å². The van der Waals surface area contributed by atoms with Gasteiger partial charge in [0, 0.05) is 0 Å². The molecule has 0 aromatic rings. The number of rotatable bonds is 6. The lowest BCUT2D eigenvalue weighted by Crippen LogP contribution is -2.36. The molecule has 3 nitrogen and oxygen atoms in total. The average Bonchev–Trinajstić information content (AvgIpc) is 2.15. The number of carbonyl (C=O) groups excluding carboxylic acids is 1. The zero-order chi connectivity index (χ0) is 13.7. The van der Waals surface area contributed by atoms with E-state index in [4.69, 9.17) is 0 Å². The molecule has 0 aliphatic rings. The zero-order valence-electron chi connectivity index (χ0n) is 9.31. The number of hydrogen-bond acceptors (Lipinski definition) is 3. The first-order chi connectivity index (χ1) is 7.60. The van der Waals surface area contributed by atoms with Crippen LogP contribution in [0.4, 0.5) is 22.4 Å². The number of halogens is 5. The standard InChI is InChI=1S/C9H13BrF4O3/c1-3-6(2)17-7(15)16-5-4-8(11,12)9(10,13)14/h6H,3-5H2,1-2H3. The zero-order valence-corrected chi connectivity index (χ0v) is 10.9. The Morgan fingerprint density at radius 1 is 1.35 bits per heavy atom. The van der Waals surface area contributed by atoms with Crippen LogP contribution in [0.3, 0.4) is 0 Å². The van der Waals surface area contributed by atoms with Crippen molar-refractivity contribution < 1.29 is 31.8 Å². The summed E-state index contributed by atoms with van der Waals surface area (Å²) in [6.45, 7) is 2.49. The van der Waals surface area contributed by atoms with Crippen molar-refractivity contribution in [3.05, 3.63) is 0 Å². The van der Waals surface area contributed by atoms with Crippen LogP contribution in [0.5, 0.6) is 0 Å². The second-order valence-corrected chi connectivity index (χ2v) is 4.38. The molecule has 0 aromatic carbocycles. The van der Waals surface area contributed by atoms with Crippen LogP contribution in [0.1, 0.15) is 26.7 Å². The van der Waals surface area contributed by atoms with Gasteiger partial charge in [0.25, 0.3) is 0 Å². The summed E-state index contributed by atoms with van der Waals surface area (Å²) in [4.78, 5) is 6.53. The summed E-state index contributed by atoms with van der Waals surface area (Å²) in [6, 6.07) is 0. The molecule has 0 heterocycles. The normalized spacial score (nSPS) is 14.3. The molecule has 1 unspecified atom stereocenters. The van der Waals surface area contributed by atoms with E-state index in [1.165, 1.54) is 0 Å². The van der Waals surface area contributed by atoms with Gasteiger partial charge in [0.15, 0.2) is 0 Å². The average molecular weight is 325 g/mol. The second-order valence-electron chi connectivity index (χ2n) is 3.39. The number of carbonyl (C=O) groups is 1. The molecule has 0 amide bonds. The van der Waals surface area contributed by atoms with Crippen LogP contribution in [-0.4, -0.2) is 29.6 Å². The molecule has 1 atom stereocenters. The molecule has 0 aliphatic heterocycles. The first-order valence-corrected chi connectivity index (χ1v) is 5.67. The fraction of sp³-hybridized carbons (Fsp3) is 0.889. The molecule has 8 heteroatoms. The van der Waals surface area contributed by atoms with E-state index in [0.717, 1.165) is 0 Å². The monoisotopic (exact) mass is 324 g/mol. The Bertz CT molecular complexity index is 255. The Kier molecular flexibility index (Phi) is 6.22. The molecule has 0 radical (unpaired) electrons. The van der Waals surface area contributed by atoms with Crippen molar-refractivity contribution in [3.8, 4) is 0 Å². The van der Waals surface area contributed by atoms with Gasteiger partial charge in [0.2, 0.25) is 0 Å². The van der Waals surface area contributed by atoms with Gasteiger partial charge in [-0.15, -0.1) is 0 Å². The minimum absolute atomic E-state index is 0.416. The third-order valence-electron chi connectivity index (χ3n) is 1.92. The van der Waals surface area contributed by atoms with Crippen molar-refractivity contribution in [3.63, 3.8) is 0 Å². The van der Waals surface area contributed by atoms with Crippen LogP contribution in [0, 0.1) is 0 Å². The van der Waals surface area contributed by atoms with Crippen LogP contribution < -0.4 is 0 Å². The van der Waals surface area contributed by atoms with E-state index in [9.17, 15) is 22.4 Å². The van der Waals surface area contributed by atoms with E-state index < -0.39 is 36.0 Å². The Balaban J connectivity index is 3.96. The summed E-state index contributed by atoms with van der Waals surface area (Å²) in [5, 5.41) is 0. The van der Waals surface area contributed by atoms with Gasteiger partial charge in [0.05, 0.1) is 6.42 Å². The minimum Gasteiger partial charge on any atom is -0.434 e. The van der Waals surface area contributed by atoms with Crippen molar-refractivity contribution >= 4 is 22.1 Å². The Hall–Kier alpha value is -0.530. The van der Waals surface area contributed by atoms with Gasteiger partial charge >= 0.3 is 16.9 Å². The van der Waals surface area contributed by atoms with E-state index in [1.807, 2.05) is 0 Å². The maximum atomic E-state index is 12.7. The summed E-state index contributed by atoms with van der Waals surface area (Å²) >= 11 is 1.56. The van der Waals surface area contributed by atoms with Crippen molar-refractivity contribution in [2.45, 2.75) is 43.5 Å². The molecule has 0 bridgehead atoms. The fourth-order valence-corrected chi connectivity index (χ4v) is 0.884. The predicted octanol–water partition coefficient (Wildman–Crippen LogP) is 3.95. The molecule has 0 N–H and O–H groups in total. The highest BCUT2D eigenvalue weighted by Crippen LogP contribution is 2.41. The molecule has 0 saturated carbocycles. The number of alkyl halides is 5. The molecule has 0 spiro atoms. The van der Waals surface area contributed by atoms with Gasteiger partial charge in [-0.2, -0.15) is 17.6 Å². The lowest BCUT2D eigenvalue weighted by molar-refractivity contribution is -0.157. The van der Waals surface area contributed by atoms with E-state index in [0.29, 0.717) is 6.42 Å². The summed E-state index contributed by atoms with van der Waals surface area (Å²) in [6.07, 6.45) is -2.32. The van der Waals surface area contributed by atoms with E-state index in [1.54, 1.807) is 29.8 Å². The minimum atomic E-state index is -4.33. The molecule has 0 aromatic heterocycles. The fourth-order valence-electron chi connectivity index (χ4n) is 0.686. The molecular formula is C9H13BrF4O3. The molecule has 0 saturated heterocycles. The van der Waals surface area contributed by atoms with Crippen LogP contribution in [0.15, 0.2) is 0 Å². The first-order valence-electron chi connectivity index (χ1n) is 4.88. The van der Waals surface area contributed by atoms with Crippen molar-refractivity contribution in [2.75, 3.05) is 6.61 Å². The highest BCUT2D eigenvalue weighted by molar-refractivity contribution is 9.10. The molecular weight excluding hydrogens is 312 g/mol. The summed E-state index contributed by atoms with van der Waals surface area (Å²) in [7, 11) is 0. The van der Waals surface area contributed by atoms with Crippen LogP contribution >= 0.6 is 15.9 Å². The van der Waals surface area contributed by atoms with Gasteiger partial charge in [0.1, 0.15) is 12.7 Å². The lowest BCUT2D eigenvalue weighted by Gasteiger charge is -2.21. The summed E-state index contributed by atoms with van der Waals surface area (Å²) in [5.74, 6) is -4.29. The van der Waals surface area contributed by atoms with E-state index in [2.05, 4.69) is 9.47 Å². The second kappa shape index (κ2) is 6.42. The van der Waals surface area contributed by atoms with E-state index >= 15 is 0 Å². The van der Waals surface area contributed by atoms with Gasteiger partial charge < -0.3 is 9.47 Å². The quantitative estimate of drug-likeness (QED) is 0.421.